The Labute approximate surface area is 172 Å². The molecular formula is C23H33F3N2O. The van der Waals surface area contributed by atoms with Crippen molar-refractivity contribution >= 4 is 0 Å². The predicted molar refractivity (Wildman–Crippen MR) is 110 cm³/mol. The van der Waals surface area contributed by atoms with E-state index >= 15 is 0 Å². The van der Waals surface area contributed by atoms with Gasteiger partial charge >= 0.3 is 6.18 Å². The Bertz CT molecular complexity index is 774. The molecule has 0 saturated carbocycles. The number of likely N-dealkylation sites (tertiary alicyclic amines) is 1. The van der Waals surface area contributed by atoms with Crippen LogP contribution < -0.4 is 0 Å². The molecule has 0 radical (unpaired) electrons. The summed E-state index contributed by atoms with van der Waals surface area (Å²) in [4.78, 5) is 3.82. The first-order valence-electron chi connectivity index (χ1n) is 10.5. The molecule has 2 aliphatic rings. The van der Waals surface area contributed by atoms with E-state index in [2.05, 4.69) is 32.0 Å². The zero-order valence-electron chi connectivity index (χ0n) is 18.1. The molecule has 1 fully saturated rings. The number of aromatic hydroxyl groups is 1. The van der Waals surface area contributed by atoms with Crippen molar-refractivity contribution in [2.45, 2.75) is 63.7 Å². The number of piperidine rings is 1. The monoisotopic (exact) mass is 410 g/mol. The number of phenolic OH excluding ortho intramolecular Hbond substituents is 1. The van der Waals surface area contributed by atoms with E-state index in [-0.39, 0.29) is 23.1 Å². The first-order valence-corrected chi connectivity index (χ1v) is 10.5. The molecule has 6 heteroatoms. The normalized spacial score (nSPS) is 28.7. The van der Waals surface area contributed by atoms with Gasteiger partial charge in [0.15, 0.2) is 0 Å². The molecule has 0 aromatic heterocycles. The van der Waals surface area contributed by atoms with Gasteiger partial charge in [-0.1, -0.05) is 26.0 Å². The number of alkyl halides is 3. The number of benzene rings is 1. The fourth-order valence-electron chi connectivity index (χ4n) is 5.81. The first-order chi connectivity index (χ1) is 13.5. The summed E-state index contributed by atoms with van der Waals surface area (Å²) in [5.41, 5.74) is 2.96. The summed E-state index contributed by atoms with van der Waals surface area (Å²) >= 11 is 0. The zero-order chi connectivity index (χ0) is 21.6. The molecule has 1 aromatic carbocycles. The number of rotatable bonds is 6. The highest BCUT2D eigenvalue weighted by atomic mass is 19.4. The smallest absolute Gasteiger partial charge is 0.401 e. The van der Waals surface area contributed by atoms with Gasteiger partial charge in [0.05, 0.1) is 6.54 Å². The summed E-state index contributed by atoms with van der Waals surface area (Å²) in [5, 5.41) is 10.2. The second-order valence-electron chi connectivity index (χ2n) is 8.82. The fraction of sp³-hybridized carbons (Fsp3) is 0.652. The van der Waals surface area contributed by atoms with Gasteiger partial charge < -0.3 is 10.0 Å². The fourth-order valence-corrected chi connectivity index (χ4v) is 5.81. The van der Waals surface area contributed by atoms with Crippen molar-refractivity contribution < 1.29 is 18.3 Å². The molecule has 1 N–H and O–H groups in total. The quantitative estimate of drug-likeness (QED) is 0.677. The van der Waals surface area contributed by atoms with Crippen LogP contribution in [0.5, 0.6) is 5.75 Å². The highest BCUT2D eigenvalue weighted by Crippen LogP contribution is 2.59. The highest BCUT2D eigenvalue weighted by molar-refractivity contribution is 5.55. The van der Waals surface area contributed by atoms with Crippen molar-refractivity contribution in [3.8, 4) is 5.75 Å². The first kappa shape index (κ1) is 22.2. The topological polar surface area (TPSA) is 26.7 Å². The molecule has 1 aliphatic carbocycles. The minimum atomic E-state index is -4.20. The van der Waals surface area contributed by atoms with Gasteiger partial charge in [-0.2, -0.15) is 13.2 Å². The number of hydrogen-bond donors (Lipinski definition) is 1. The third-order valence-corrected chi connectivity index (χ3v) is 7.00. The van der Waals surface area contributed by atoms with Gasteiger partial charge in [-0.15, -0.1) is 0 Å². The van der Waals surface area contributed by atoms with Crippen LogP contribution in [0.3, 0.4) is 0 Å². The van der Waals surface area contributed by atoms with E-state index in [1.165, 1.54) is 0 Å². The Morgan fingerprint density at radius 3 is 2.52 bits per heavy atom. The Hall–Kier alpha value is -1.53. The van der Waals surface area contributed by atoms with Crippen LogP contribution in [0.15, 0.2) is 29.8 Å². The van der Waals surface area contributed by atoms with Crippen molar-refractivity contribution in [3.05, 3.63) is 41.0 Å². The predicted octanol–water partition coefficient (Wildman–Crippen LogP) is 4.88. The van der Waals surface area contributed by atoms with Crippen molar-refractivity contribution in [3.63, 3.8) is 0 Å². The molecule has 4 atom stereocenters. The summed E-state index contributed by atoms with van der Waals surface area (Å²) in [7, 11) is 4.14. The molecule has 0 spiro atoms. The molecule has 0 amide bonds. The lowest BCUT2D eigenvalue weighted by atomic mass is 9.49. The van der Waals surface area contributed by atoms with Crippen LogP contribution >= 0.6 is 0 Å². The van der Waals surface area contributed by atoms with Gasteiger partial charge in [-0.05, 0) is 69.1 Å². The van der Waals surface area contributed by atoms with Crippen LogP contribution in [0, 0.1) is 12.8 Å². The second-order valence-corrected chi connectivity index (χ2v) is 8.82. The highest BCUT2D eigenvalue weighted by Gasteiger charge is 2.58. The van der Waals surface area contributed by atoms with E-state index < -0.39 is 12.7 Å². The molecule has 4 unspecified atom stereocenters. The van der Waals surface area contributed by atoms with E-state index in [0.29, 0.717) is 25.4 Å². The third-order valence-electron chi connectivity index (χ3n) is 7.00. The van der Waals surface area contributed by atoms with E-state index in [0.717, 1.165) is 23.1 Å². The molecule has 29 heavy (non-hydrogen) atoms. The second kappa shape index (κ2) is 7.95. The van der Waals surface area contributed by atoms with E-state index in [1.54, 1.807) is 11.0 Å². The summed E-state index contributed by atoms with van der Waals surface area (Å²) < 4.78 is 39.6. The number of nitrogens with zero attached hydrogens (tertiary/aromatic N) is 2. The lowest BCUT2D eigenvalue weighted by Crippen LogP contribution is -2.63. The van der Waals surface area contributed by atoms with E-state index in [9.17, 15) is 18.3 Å². The third kappa shape index (κ3) is 3.81. The standard InChI is InChI=1S/C23H33F3N2O/c1-6-20(27(4)5)18-13-19-21(7-2)28(14-23(24,25)26)11-10-22(18,19)17-12-16(29)9-8-15(17)3/h8-9,12-13,18,20-21,29H,6-7,10-11,14H2,1-5H3. The van der Waals surface area contributed by atoms with Gasteiger partial charge in [-0.25, -0.2) is 0 Å². The van der Waals surface area contributed by atoms with Crippen LogP contribution in [-0.2, 0) is 5.41 Å². The number of aryl methyl sites for hydroxylation is 1. The summed E-state index contributed by atoms with van der Waals surface area (Å²) in [6.07, 6.45) is 0.282. The molecule has 3 nitrogen and oxygen atoms in total. The summed E-state index contributed by atoms with van der Waals surface area (Å²) in [6, 6.07) is 5.53. The minimum absolute atomic E-state index is 0.216. The Balaban J connectivity index is 2.11. The van der Waals surface area contributed by atoms with Crippen molar-refractivity contribution in [1.82, 2.24) is 9.80 Å². The van der Waals surface area contributed by atoms with Crippen LogP contribution in [0.25, 0.3) is 0 Å². The van der Waals surface area contributed by atoms with Gasteiger partial charge in [-0.3, -0.25) is 4.90 Å². The van der Waals surface area contributed by atoms with Crippen LogP contribution in [0.2, 0.25) is 0 Å². The summed E-state index contributed by atoms with van der Waals surface area (Å²) in [5.74, 6) is 0.439. The summed E-state index contributed by atoms with van der Waals surface area (Å²) in [6.45, 7) is 5.71. The average Bonchev–Trinajstić information content (AvgIpc) is 2.61. The Morgan fingerprint density at radius 2 is 1.97 bits per heavy atom. The van der Waals surface area contributed by atoms with Crippen molar-refractivity contribution in [1.29, 1.82) is 0 Å². The molecular weight excluding hydrogens is 377 g/mol. The molecule has 0 bridgehead atoms. The Kier molecular flexibility index (Phi) is 6.08. The largest absolute Gasteiger partial charge is 0.508 e. The van der Waals surface area contributed by atoms with Gasteiger partial charge in [0.25, 0.3) is 0 Å². The van der Waals surface area contributed by atoms with Crippen LogP contribution in [0.4, 0.5) is 13.2 Å². The Morgan fingerprint density at radius 1 is 1.28 bits per heavy atom. The minimum Gasteiger partial charge on any atom is -0.508 e. The van der Waals surface area contributed by atoms with Gasteiger partial charge in [0.1, 0.15) is 5.75 Å². The maximum Gasteiger partial charge on any atom is 0.401 e. The van der Waals surface area contributed by atoms with Crippen LogP contribution in [-0.4, -0.2) is 60.4 Å². The molecule has 1 aromatic rings. The number of hydrogen-bond acceptors (Lipinski definition) is 3. The molecule has 3 rings (SSSR count). The molecule has 162 valence electrons. The number of halogens is 3. The maximum absolute atomic E-state index is 13.2. The van der Waals surface area contributed by atoms with Gasteiger partial charge in [0, 0.05) is 30.0 Å². The lowest BCUT2D eigenvalue weighted by molar-refractivity contribution is -0.153. The molecule has 1 saturated heterocycles. The number of fused-ring (bicyclic) bond motifs is 1. The SMILES string of the molecule is CCC(C1C=C2C(CC)N(CC(F)(F)F)CCC21c1cc(O)ccc1C)N(C)C. The van der Waals surface area contributed by atoms with Gasteiger partial charge in [0.2, 0.25) is 0 Å². The maximum atomic E-state index is 13.2. The van der Waals surface area contributed by atoms with E-state index in [4.69, 9.17) is 0 Å². The van der Waals surface area contributed by atoms with Crippen molar-refractivity contribution in [2.24, 2.45) is 5.92 Å². The average molecular weight is 411 g/mol. The van der Waals surface area contributed by atoms with Crippen molar-refractivity contribution in [2.75, 3.05) is 27.2 Å². The molecule has 1 aliphatic heterocycles. The van der Waals surface area contributed by atoms with Crippen LogP contribution in [0.1, 0.15) is 44.2 Å². The zero-order valence-corrected chi connectivity index (χ0v) is 18.1. The van der Waals surface area contributed by atoms with E-state index in [1.807, 2.05) is 26.0 Å². The number of phenols is 1. The lowest BCUT2D eigenvalue weighted by Gasteiger charge is -2.61. The molecule has 1 heterocycles.